The molecule has 0 aliphatic heterocycles. The Balaban J connectivity index is 0.000000331. The molecule has 0 atom stereocenters. The molecule has 0 aromatic carbocycles. The van der Waals surface area contributed by atoms with E-state index in [-0.39, 0.29) is 11.6 Å². The summed E-state index contributed by atoms with van der Waals surface area (Å²) in [5.74, 6) is 0. The minimum absolute atomic E-state index is 0.183. The van der Waals surface area contributed by atoms with E-state index in [1.165, 1.54) is 0 Å². The predicted octanol–water partition coefficient (Wildman–Crippen LogP) is 3.77. The maximum absolute atomic E-state index is 10.9. The van der Waals surface area contributed by atoms with Crippen LogP contribution in [0.4, 0.5) is 11.4 Å². The summed E-state index contributed by atoms with van der Waals surface area (Å²) in [6, 6.07) is 7.07. The van der Waals surface area contributed by atoms with Gasteiger partial charge in [0.2, 0.25) is 0 Å². The number of nitro groups is 1. The molecule has 182 valence electrons. The first-order chi connectivity index (χ1) is 16.0. The number of unbranched alkanes of at least 4 members (excludes halogenated alkanes) is 4. The lowest BCUT2D eigenvalue weighted by atomic mass is 10.2. The fraction of sp³-hybridized carbons (Fsp3) is 0.524. The lowest BCUT2D eigenvalue weighted by Gasteiger charge is -2.13. The molecule has 0 unspecified atom stereocenters. The van der Waals surface area contributed by atoms with Crippen molar-refractivity contribution in [3.63, 3.8) is 0 Å². The number of rotatable bonds is 16. The van der Waals surface area contributed by atoms with Crippen LogP contribution in [0.15, 0.2) is 49.1 Å². The van der Waals surface area contributed by atoms with Crippen LogP contribution in [0.1, 0.15) is 38.5 Å². The molecule has 33 heavy (non-hydrogen) atoms. The number of aromatic nitrogens is 2. The quantitative estimate of drug-likeness (QED) is 0.221. The van der Waals surface area contributed by atoms with Gasteiger partial charge in [0.05, 0.1) is 13.2 Å². The molecule has 0 radical (unpaired) electrons. The van der Waals surface area contributed by atoms with Crippen LogP contribution in [0, 0.1) is 20.2 Å². The Morgan fingerprint density at radius 1 is 0.879 bits per heavy atom. The van der Waals surface area contributed by atoms with Crippen LogP contribution < -0.4 is 10.3 Å². The van der Waals surface area contributed by atoms with E-state index < -0.39 is 5.09 Å². The molecule has 2 aromatic heterocycles. The van der Waals surface area contributed by atoms with Gasteiger partial charge in [0.1, 0.15) is 5.69 Å². The Labute approximate surface area is 193 Å². The van der Waals surface area contributed by atoms with Crippen LogP contribution in [0.25, 0.3) is 0 Å². The molecule has 0 amide bonds. The van der Waals surface area contributed by atoms with Gasteiger partial charge in [-0.05, 0) is 62.8 Å². The van der Waals surface area contributed by atoms with Crippen LogP contribution in [0.2, 0.25) is 0 Å². The normalized spacial score (nSPS) is 9.97. The summed E-state index contributed by atoms with van der Waals surface area (Å²) in [5.41, 5.74) is 1.60. The minimum Gasteiger partial charge on any atom is -0.385 e. The van der Waals surface area contributed by atoms with Crippen molar-refractivity contribution in [2.45, 2.75) is 38.5 Å². The first-order valence-corrected chi connectivity index (χ1v) is 10.8. The molecule has 0 aliphatic carbocycles. The van der Waals surface area contributed by atoms with Crippen LogP contribution >= 0.6 is 0 Å². The summed E-state index contributed by atoms with van der Waals surface area (Å²) in [4.78, 5) is 32.7. The van der Waals surface area contributed by atoms with Crippen molar-refractivity contribution < 1.29 is 19.7 Å². The lowest BCUT2D eigenvalue weighted by Crippen LogP contribution is -2.30. The summed E-state index contributed by atoms with van der Waals surface area (Å²) in [7, 11) is 1.65. The summed E-state index contributed by atoms with van der Waals surface area (Å²) >= 11 is 0. The molecule has 0 saturated heterocycles. The van der Waals surface area contributed by atoms with E-state index in [0.29, 0.717) is 25.3 Å². The van der Waals surface area contributed by atoms with Crippen molar-refractivity contribution in [2.24, 2.45) is 0 Å². The molecule has 12 heteroatoms. The number of nitrogens with zero attached hydrogens (tertiary/aromatic N) is 5. The molecule has 0 bridgehead atoms. The highest BCUT2D eigenvalue weighted by atomic mass is 16.9. The minimum atomic E-state index is -0.755. The van der Waals surface area contributed by atoms with E-state index >= 15 is 0 Å². The second-order valence-electron chi connectivity index (χ2n) is 6.90. The lowest BCUT2D eigenvalue weighted by molar-refractivity contribution is -0.757. The maximum Gasteiger partial charge on any atom is 0.294 e. The third kappa shape index (κ3) is 14.2. The van der Waals surface area contributed by atoms with Crippen LogP contribution in [-0.4, -0.2) is 53.5 Å². The Morgan fingerprint density at radius 3 is 2.09 bits per heavy atom. The van der Waals surface area contributed by atoms with Crippen molar-refractivity contribution >= 4 is 11.4 Å². The molecule has 0 saturated carbocycles. The fourth-order valence-corrected chi connectivity index (χ4v) is 2.75. The van der Waals surface area contributed by atoms with Gasteiger partial charge in [-0.25, -0.2) is 10.1 Å². The van der Waals surface area contributed by atoms with E-state index in [1.807, 2.05) is 12.1 Å². The zero-order chi connectivity index (χ0) is 24.2. The topological polar surface area (TPSA) is 146 Å². The van der Waals surface area contributed by atoms with E-state index in [1.54, 1.807) is 44.0 Å². The highest BCUT2D eigenvalue weighted by Crippen LogP contribution is 2.13. The van der Waals surface area contributed by atoms with E-state index in [2.05, 4.69) is 20.1 Å². The van der Waals surface area contributed by atoms with Crippen LogP contribution in [0.3, 0.4) is 0 Å². The molecule has 12 nitrogen and oxygen atoms in total. The zero-order valence-corrected chi connectivity index (χ0v) is 18.9. The number of hydrogen-bond acceptors (Lipinski definition) is 9. The van der Waals surface area contributed by atoms with Crippen LogP contribution in [0.5, 0.6) is 0 Å². The average Bonchev–Trinajstić information content (AvgIpc) is 2.82. The largest absolute Gasteiger partial charge is 0.385 e. The van der Waals surface area contributed by atoms with E-state index in [0.717, 1.165) is 49.3 Å². The Bertz CT molecular complexity index is 768. The number of hydrogen-bond donors (Lipinski definition) is 1. The molecule has 2 aromatic rings. The summed E-state index contributed by atoms with van der Waals surface area (Å²) < 4.78 is 4.93. The molecule has 0 aliphatic rings. The average molecular weight is 465 g/mol. The molecular weight excluding hydrogens is 432 g/mol. The second-order valence-corrected chi connectivity index (χ2v) is 6.90. The van der Waals surface area contributed by atoms with Gasteiger partial charge in [-0.2, -0.15) is 0 Å². The monoisotopic (exact) mass is 464 g/mol. The van der Waals surface area contributed by atoms with Gasteiger partial charge in [-0.3, -0.25) is 9.97 Å². The first kappa shape index (κ1) is 27.5. The standard InChI is InChI=1S/C11H17N3O3.C10H15N3O3/c1-17-10-4-2-3-9-13(14(15)16)11-5-7-12-8-6-11;14-13(15)16-9-3-1-2-6-12-10-4-7-11-8-5-10/h5-8H,2-4,9-10H2,1H3;4-5,7-8H,1-3,6,9H2,(H,11,12). The fourth-order valence-electron chi connectivity index (χ4n) is 2.75. The second kappa shape index (κ2) is 18.1. The number of ether oxygens (including phenoxy) is 1. The summed E-state index contributed by atoms with van der Waals surface area (Å²) in [5, 5.41) is 24.0. The number of nitrogens with one attached hydrogen (secondary N) is 1. The predicted molar refractivity (Wildman–Crippen MR) is 124 cm³/mol. The Hall–Kier alpha value is -3.54. The highest BCUT2D eigenvalue weighted by molar-refractivity contribution is 5.41. The van der Waals surface area contributed by atoms with Crippen LogP contribution in [-0.2, 0) is 9.57 Å². The molecule has 0 fully saturated rings. The Kier molecular flexibility index (Phi) is 15.1. The van der Waals surface area contributed by atoms with E-state index in [9.17, 15) is 20.2 Å². The summed E-state index contributed by atoms with van der Waals surface area (Å²) in [6.45, 7) is 2.14. The SMILES string of the molecule is COCCCCCN(c1ccncc1)[N+](=O)[O-].O=[N+]([O-])OCCCCCNc1ccncc1. The molecule has 2 rings (SSSR count). The smallest absolute Gasteiger partial charge is 0.294 e. The van der Waals surface area contributed by atoms with Gasteiger partial charge < -0.3 is 14.9 Å². The molecule has 0 spiro atoms. The van der Waals surface area contributed by atoms with Gasteiger partial charge >= 0.3 is 0 Å². The van der Waals surface area contributed by atoms with Crippen molar-refractivity contribution in [3.05, 3.63) is 69.3 Å². The number of anilines is 2. The van der Waals surface area contributed by atoms with Gasteiger partial charge in [0.25, 0.3) is 5.09 Å². The maximum atomic E-state index is 10.9. The molecule has 1 N–H and O–H groups in total. The van der Waals surface area contributed by atoms with Gasteiger partial charge in [-0.15, -0.1) is 10.1 Å². The number of pyridine rings is 2. The summed E-state index contributed by atoms with van der Waals surface area (Å²) in [6.07, 6.45) is 11.8. The third-order valence-electron chi connectivity index (χ3n) is 4.40. The zero-order valence-electron chi connectivity index (χ0n) is 18.9. The molecule has 2 heterocycles. The number of hydrazine groups is 1. The van der Waals surface area contributed by atoms with Crippen molar-refractivity contribution in [2.75, 3.05) is 43.7 Å². The molecular formula is C21H32N6O6. The van der Waals surface area contributed by atoms with Crippen molar-refractivity contribution in [3.8, 4) is 0 Å². The van der Waals surface area contributed by atoms with Gasteiger partial charge in [0.15, 0.2) is 5.03 Å². The third-order valence-corrected chi connectivity index (χ3v) is 4.40. The highest BCUT2D eigenvalue weighted by Gasteiger charge is 2.15. The van der Waals surface area contributed by atoms with Crippen molar-refractivity contribution in [1.82, 2.24) is 9.97 Å². The Morgan fingerprint density at radius 2 is 1.48 bits per heavy atom. The van der Waals surface area contributed by atoms with Gasteiger partial charge in [-0.1, -0.05) is 5.01 Å². The van der Waals surface area contributed by atoms with E-state index in [4.69, 9.17) is 4.74 Å². The van der Waals surface area contributed by atoms with Crippen molar-refractivity contribution in [1.29, 1.82) is 0 Å². The van der Waals surface area contributed by atoms with Gasteiger partial charge in [0, 0.05) is 50.7 Å². The number of methoxy groups -OCH3 is 1. The first-order valence-electron chi connectivity index (χ1n) is 10.8.